The van der Waals surface area contributed by atoms with Crippen LogP contribution in [0.15, 0.2) is 24.3 Å². The molecule has 21 heavy (non-hydrogen) atoms. The first-order chi connectivity index (χ1) is 9.97. The topological polar surface area (TPSA) is 50.2 Å². The van der Waals surface area contributed by atoms with Crippen LogP contribution in [-0.2, 0) is 17.9 Å². The fraction of sp³-hybridized carbons (Fsp3) is 0.500. The molecule has 5 nitrogen and oxygen atoms in total. The second-order valence-corrected chi connectivity index (χ2v) is 6.04. The van der Waals surface area contributed by atoms with Crippen LogP contribution in [0.2, 0.25) is 0 Å². The number of rotatable bonds is 6. The third-order valence-electron chi connectivity index (χ3n) is 3.20. The zero-order valence-corrected chi connectivity index (χ0v) is 13.3. The van der Waals surface area contributed by atoms with Gasteiger partial charge in [0.1, 0.15) is 12.4 Å². The first-order valence-electron chi connectivity index (χ1n) is 7.33. The van der Waals surface area contributed by atoms with E-state index in [4.69, 9.17) is 0 Å². The van der Waals surface area contributed by atoms with Crippen molar-refractivity contribution >= 4 is 16.9 Å². The van der Waals surface area contributed by atoms with E-state index in [0.29, 0.717) is 25.6 Å². The highest BCUT2D eigenvalue weighted by atomic mass is 16.1. The van der Waals surface area contributed by atoms with Crippen LogP contribution in [0.4, 0.5) is 0 Å². The van der Waals surface area contributed by atoms with Gasteiger partial charge in [-0.2, -0.15) is 0 Å². The number of benzene rings is 1. The summed E-state index contributed by atoms with van der Waals surface area (Å²) >= 11 is 0. The van der Waals surface area contributed by atoms with Crippen molar-refractivity contribution in [3.63, 3.8) is 0 Å². The smallest absolute Gasteiger partial charge is 0.240 e. The van der Waals surface area contributed by atoms with Gasteiger partial charge in [0.2, 0.25) is 5.91 Å². The number of hydrogen-bond acceptors (Lipinski definition) is 3. The first kappa shape index (κ1) is 15.5. The second kappa shape index (κ2) is 6.72. The fourth-order valence-electron chi connectivity index (χ4n) is 2.22. The first-order valence-corrected chi connectivity index (χ1v) is 7.33. The van der Waals surface area contributed by atoms with Crippen LogP contribution in [0.1, 0.15) is 19.7 Å². The molecule has 114 valence electrons. The third kappa shape index (κ3) is 4.04. The second-order valence-electron chi connectivity index (χ2n) is 6.04. The lowest BCUT2D eigenvalue weighted by Gasteiger charge is -2.13. The lowest BCUT2D eigenvalue weighted by molar-refractivity contribution is -0.121. The van der Waals surface area contributed by atoms with Gasteiger partial charge in [0.25, 0.3) is 0 Å². The average Bonchev–Trinajstić information content (AvgIpc) is 2.74. The molecule has 0 saturated carbocycles. The van der Waals surface area contributed by atoms with Gasteiger partial charge >= 0.3 is 0 Å². The van der Waals surface area contributed by atoms with E-state index in [0.717, 1.165) is 16.9 Å². The van der Waals surface area contributed by atoms with Crippen LogP contribution in [0.25, 0.3) is 11.0 Å². The van der Waals surface area contributed by atoms with Crippen LogP contribution < -0.4 is 5.32 Å². The van der Waals surface area contributed by atoms with E-state index in [1.54, 1.807) is 0 Å². The van der Waals surface area contributed by atoms with Gasteiger partial charge in [0, 0.05) is 6.54 Å². The van der Waals surface area contributed by atoms with Gasteiger partial charge < -0.3 is 14.8 Å². The molecule has 0 fully saturated rings. The van der Waals surface area contributed by atoms with Crippen molar-refractivity contribution in [3.05, 3.63) is 30.1 Å². The maximum Gasteiger partial charge on any atom is 0.240 e. The van der Waals surface area contributed by atoms with Crippen molar-refractivity contribution in [3.8, 4) is 0 Å². The molecule has 0 unspecified atom stereocenters. The standard InChI is InChI=1S/C16H24N4O/c1-12(2)9-17-16(21)11-20-14-8-6-5-7-13(14)18-15(20)10-19(3)4/h5-8,12H,9-11H2,1-4H3,(H,17,21). The molecule has 0 aliphatic carbocycles. The van der Waals surface area contributed by atoms with Gasteiger partial charge in [-0.15, -0.1) is 0 Å². The molecule has 0 atom stereocenters. The molecule has 0 saturated heterocycles. The maximum absolute atomic E-state index is 12.1. The molecule has 0 aliphatic heterocycles. The summed E-state index contributed by atoms with van der Waals surface area (Å²) in [6, 6.07) is 7.94. The molecule has 1 aromatic carbocycles. The Kier molecular flexibility index (Phi) is 4.96. The molecule has 1 N–H and O–H groups in total. The zero-order chi connectivity index (χ0) is 15.4. The van der Waals surface area contributed by atoms with Crippen molar-refractivity contribution in [2.24, 2.45) is 5.92 Å². The summed E-state index contributed by atoms with van der Waals surface area (Å²) in [5, 5.41) is 2.96. The van der Waals surface area contributed by atoms with Gasteiger partial charge in [-0.05, 0) is 32.1 Å². The molecular weight excluding hydrogens is 264 g/mol. The van der Waals surface area contributed by atoms with Crippen molar-refractivity contribution in [2.45, 2.75) is 26.9 Å². The maximum atomic E-state index is 12.1. The molecule has 1 aromatic heterocycles. The summed E-state index contributed by atoms with van der Waals surface area (Å²) in [6.45, 7) is 5.91. The molecule has 0 bridgehead atoms. The summed E-state index contributed by atoms with van der Waals surface area (Å²) in [4.78, 5) is 18.8. The van der Waals surface area contributed by atoms with E-state index in [-0.39, 0.29) is 5.91 Å². The monoisotopic (exact) mass is 288 g/mol. The van der Waals surface area contributed by atoms with Gasteiger partial charge in [0.15, 0.2) is 0 Å². The lowest BCUT2D eigenvalue weighted by Crippen LogP contribution is -2.31. The van der Waals surface area contributed by atoms with Gasteiger partial charge in [-0.1, -0.05) is 26.0 Å². The lowest BCUT2D eigenvalue weighted by atomic mass is 10.2. The van der Waals surface area contributed by atoms with Crippen LogP contribution in [0.3, 0.4) is 0 Å². The number of nitrogens with zero attached hydrogens (tertiary/aromatic N) is 3. The van der Waals surface area contributed by atoms with Crippen molar-refractivity contribution in [2.75, 3.05) is 20.6 Å². The number of nitrogens with one attached hydrogen (secondary N) is 1. The highest BCUT2D eigenvalue weighted by Gasteiger charge is 2.14. The highest BCUT2D eigenvalue weighted by Crippen LogP contribution is 2.16. The summed E-state index contributed by atoms with van der Waals surface area (Å²) in [6.07, 6.45) is 0. The number of aromatic nitrogens is 2. The summed E-state index contributed by atoms with van der Waals surface area (Å²) in [7, 11) is 4.01. The molecule has 0 spiro atoms. The minimum absolute atomic E-state index is 0.0341. The van der Waals surface area contributed by atoms with Crippen LogP contribution in [-0.4, -0.2) is 41.0 Å². The SMILES string of the molecule is CC(C)CNC(=O)Cn1c(CN(C)C)nc2ccccc21. The van der Waals surface area contributed by atoms with Gasteiger partial charge in [-0.25, -0.2) is 4.98 Å². The van der Waals surface area contributed by atoms with Gasteiger partial charge in [0.05, 0.1) is 17.6 Å². The number of imidazole rings is 1. The largest absolute Gasteiger partial charge is 0.354 e. The van der Waals surface area contributed by atoms with Gasteiger partial charge in [-0.3, -0.25) is 4.79 Å². The minimum Gasteiger partial charge on any atom is -0.354 e. The number of carbonyl (C=O) groups is 1. The molecule has 0 aliphatic rings. The van der Waals surface area contributed by atoms with Crippen molar-refractivity contribution < 1.29 is 4.79 Å². The van der Waals surface area contributed by atoms with E-state index in [9.17, 15) is 4.79 Å². The van der Waals surface area contributed by atoms with E-state index >= 15 is 0 Å². The normalized spacial score (nSPS) is 11.5. The Labute approximate surface area is 126 Å². The van der Waals surface area contributed by atoms with E-state index in [1.807, 2.05) is 42.9 Å². The molecule has 5 heteroatoms. The number of hydrogen-bond donors (Lipinski definition) is 1. The van der Waals surface area contributed by atoms with E-state index in [2.05, 4.69) is 29.0 Å². The summed E-state index contributed by atoms with van der Waals surface area (Å²) < 4.78 is 2.00. The number of para-hydroxylation sites is 2. The van der Waals surface area contributed by atoms with E-state index in [1.165, 1.54) is 0 Å². The van der Waals surface area contributed by atoms with Crippen molar-refractivity contribution in [1.29, 1.82) is 0 Å². The molecule has 0 radical (unpaired) electrons. The Morgan fingerprint density at radius 1 is 1.33 bits per heavy atom. The fourth-order valence-corrected chi connectivity index (χ4v) is 2.22. The van der Waals surface area contributed by atoms with E-state index < -0.39 is 0 Å². The third-order valence-corrected chi connectivity index (χ3v) is 3.20. The quantitative estimate of drug-likeness (QED) is 0.883. The average molecular weight is 288 g/mol. The number of carbonyl (C=O) groups excluding carboxylic acids is 1. The Hall–Kier alpha value is -1.88. The van der Waals surface area contributed by atoms with Crippen LogP contribution in [0, 0.1) is 5.92 Å². The number of fused-ring (bicyclic) bond motifs is 1. The predicted molar refractivity (Wildman–Crippen MR) is 85.0 cm³/mol. The summed E-state index contributed by atoms with van der Waals surface area (Å²) in [5.74, 6) is 1.41. The molecule has 1 amide bonds. The Morgan fingerprint density at radius 2 is 2.05 bits per heavy atom. The summed E-state index contributed by atoms with van der Waals surface area (Å²) in [5.41, 5.74) is 1.94. The van der Waals surface area contributed by atoms with Crippen molar-refractivity contribution in [1.82, 2.24) is 19.8 Å². The highest BCUT2D eigenvalue weighted by molar-refractivity contribution is 5.81. The Balaban J connectivity index is 2.25. The molecule has 2 rings (SSSR count). The predicted octanol–water partition coefficient (Wildman–Crippen LogP) is 1.87. The molecule has 1 heterocycles. The minimum atomic E-state index is 0.0341. The Bertz CT molecular complexity index is 616. The molecule has 2 aromatic rings. The van der Waals surface area contributed by atoms with Crippen LogP contribution >= 0.6 is 0 Å². The Morgan fingerprint density at radius 3 is 2.71 bits per heavy atom. The zero-order valence-electron chi connectivity index (χ0n) is 13.3. The van der Waals surface area contributed by atoms with Crippen LogP contribution in [0.5, 0.6) is 0 Å². The number of amides is 1. The molecular formula is C16H24N4O.